The van der Waals surface area contributed by atoms with Crippen LogP contribution in [-0.4, -0.2) is 42.0 Å². The minimum atomic E-state index is 0.120. The Hall–Kier alpha value is -2.98. The number of hydrogen-bond donors (Lipinski definition) is 1. The van der Waals surface area contributed by atoms with Crippen LogP contribution in [0.5, 0.6) is 0 Å². The summed E-state index contributed by atoms with van der Waals surface area (Å²) in [5.41, 5.74) is 6.23. The van der Waals surface area contributed by atoms with Crippen LogP contribution in [0.3, 0.4) is 0 Å². The SMILES string of the molecule is CN(C(=O)c1c2c(nc3ccccc13)/C(=C\c1ccccc1)CC2)C1CCNC1. The van der Waals surface area contributed by atoms with Gasteiger partial charge in [-0.3, -0.25) is 4.79 Å². The molecule has 0 bridgehead atoms. The van der Waals surface area contributed by atoms with Gasteiger partial charge in [0.1, 0.15) is 0 Å². The van der Waals surface area contributed by atoms with E-state index in [1.807, 2.05) is 42.3 Å². The number of pyridine rings is 1. The van der Waals surface area contributed by atoms with Gasteiger partial charge < -0.3 is 10.2 Å². The van der Waals surface area contributed by atoms with E-state index in [1.165, 1.54) is 11.1 Å². The van der Waals surface area contributed by atoms with Crippen molar-refractivity contribution < 1.29 is 4.79 Å². The molecule has 29 heavy (non-hydrogen) atoms. The molecule has 4 nitrogen and oxygen atoms in total. The molecular formula is C25H25N3O. The Balaban J connectivity index is 1.64. The van der Waals surface area contributed by atoms with Gasteiger partial charge in [0.25, 0.3) is 5.91 Å². The number of hydrogen-bond acceptors (Lipinski definition) is 3. The van der Waals surface area contributed by atoms with Crippen LogP contribution in [-0.2, 0) is 6.42 Å². The van der Waals surface area contributed by atoms with Crippen molar-refractivity contribution in [1.29, 1.82) is 0 Å². The number of likely N-dealkylation sites (N-methyl/N-ethyl adjacent to an activating group) is 1. The van der Waals surface area contributed by atoms with Gasteiger partial charge in [-0.15, -0.1) is 0 Å². The zero-order chi connectivity index (χ0) is 19.8. The van der Waals surface area contributed by atoms with Gasteiger partial charge in [-0.25, -0.2) is 4.98 Å². The van der Waals surface area contributed by atoms with E-state index in [9.17, 15) is 4.79 Å². The Morgan fingerprint density at radius 3 is 2.69 bits per heavy atom. The highest BCUT2D eigenvalue weighted by molar-refractivity contribution is 6.09. The van der Waals surface area contributed by atoms with Crippen LogP contribution < -0.4 is 5.32 Å². The molecule has 4 heteroatoms. The van der Waals surface area contributed by atoms with Crippen molar-refractivity contribution in [3.63, 3.8) is 0 Å². The third-order valence-electron chi connectivity index (χ3n) is 6.20. The Bertz CT molecular complexity index is 1100. The topological polar surface area (TPSA) is 45.2 Å². The maximum atomic E-state index is 13.6. The van der Waals surface area contributed by atoms with Crippen molar-refractivity contribution in [3.8, 4) is 0 Å². The molecule has 0 saturated carbocycles. The van der Waals surface area contributed by atoms with Gasteiger partial charge in [-0.2, -0.15) is 0 Å². The minimum Gasteiger partial charge on any atom is -0.337 e. The first-order chi connectivity index (χ1) is 14.2. The van der Waals surface area contributed by atoms with Crippen LogP contribution in [0.1, 0.15) is 40.0 Å². The molecule has 1 fully saturated rings. The van der Waals surface area contributed by atoms with Crippen LogP contribution >= 0.6 is 0 Å². The highest BCUT2D eigenvalue weighted by Crippen LogP contribution is 2.38. The maximum absolute atomic E-state index is 13.6. The highest BCUT2D eigenvalue weighted by atomic mass is 16.2. The lowest BCUT2D eigenvalue weighted by molar-refractivity contribution is 0.0744. The Morgan fingerprint density at radius 1 is 1.10 bits per heavy atom. The van der Waals surface area contributed by atoms with E-state index in [1.54, 1.807) is 0 Å². The van der Waals surface area contributed by atoms with Crippen LogP contribution in [0.2, 0.25) is 0 Å². The number of fused-ring (bicyclic) bond motifs is 2. The summed E-state index contributed by atoms with van der Waals surface area (Å²) in [6.45, 7) is 1.84. The van der Waals surface area contributed by atoms with Crippen LogP contribution in [0.25, 0.3) is 22.6 Å². The third-order valence-corrected chi connectivity index (χ3v) is 6.20. The van der Waals surface area contributed by atoms with Crippen molar-refractivity contribution >= 4 is 28.5 Å². The highest BCUT2D eigenvalue weighted by Gasteiger charge is 2.31. The van der Waals surface area contributed by atoms with Crippen LogP contribution in [0, 0.1) is 0 Å². The number of nitrogens with one attached hydrogen (secondary N) is 1. The number of carbonyl (C=O) groups is 1. The van der Waals surface area contributed by atoms with E-state index in [0.717, 1.165) is 60.1 Å². The summed E-state index contributed by atoms with van der Waals surface area (Å²) in [5, 5.41) is 4.34. The molecule has 1 amide bonds. The molecule has 1 saturated heterocycles. The van der Waals surface area contributed by atoms with E-state index in [-0.39, 0.29) is 11.9 Å². The second-order valence-corrected chi connectivity index (χ2v) is 7.97. The molecule has 3 aromatic rings. The summed E-state index contributed by atoms with van der Waals surface area (Å²) in [7, 11) is 1.94. The fourth-order valence-electron chi connectivity index (χ4n) is 4.59. The molecule has 1 aromatic heterocycles. The van der Waals surface area contributed by atoms with Gasteiger partial charge >= 0.3 is 0 Å². The second kappa shape index (κ2) is 7.45. The number of rotatable bonds is 3. The zero-order valence-corrected chi connectivity index (χ0v) is 16.7. The molecule has 1 atom stereocenters. The first kappa shape index (κ1) is 18.1. The molecule has 0 radical (unpaired) electrons. The zero-order valence-electron chi connectivity index (χ0n) is 16.7. The van der Waals surface area contributed by atoms with Gasteiger partial charge in [-0.05, 0) is 54.6 Å². The van der Waals surface area contributed by atoms with Crippen molar-refractivity contribution in [3.05, 3.63) is 77.0 Å². The van der Waals surface area contributed by atoms with Crippen molar-refractivity contribution in [1.82, 2.24) is 15.2 Å². The number of benzene rings is 2. The lowest BCUT2D eigenvalue weighted by atomic mass is 9.99. The van der Waals surface area contributed by atoms with E-state index < -0.39 is 0 Å². The first-order valence-corrected chi connectivity index (χ1v) is 10.4. The number of allylic oxidation sites excluding steroid dienone is 1. The monoisotopic (exact) mass is 383 g/mol. The lowest BCUT2D eigenvalue weighted by Gasteiger charge is -2.25. The smallest absolute Gasteiger partial charge is 0.254 e. The molecule has 2 heterocycles. The lowest BCUT2D eigenvalue weighted by Crippen LogP contribution is -2.39. The summed E-state index contributed by atoms with van der Waals surface area (Å²) in [5.74, 6) is 0.120. The van der Waals surface area contributed by atoms with Gasteiger partial charge in [0.05, 0.1) is 16.8 Å². The standard InChI is InChI=1S/C25H25N3O/c1-28(19-13-14-26-16-19)25(29)23-20-9-5-6-10-22(20)27-24-18(11-12-21(23)24)15-17-7-3-2-4-8-17/h2-10,15,19,26H,11-14,16H2,1H3/b18-15-. The number of carbonyl (C=O) groups excluding carboxylic acids is 1. The van der Waals surface area contributed by atoms with Gasteiger partial charge in [0, 0.05) is 25.0 Å². The second-order valence-electron chi connectivity index (χ2n) is 7.97. The van der Waals surface area contributed by atoms with Gasteiger partial charge in [-0.1, -0.05) is 48.5 Å². The fourth-order valence-corrected chi connectivity index (χ4v) is 4.59. The maximum Gasteiger partial charge on any atom is 0.254 e. The summed E-state index contributed by atoms with van der Waals surface area (Å²) >= 11 is 0. The molecule has 5 rings (SSSR count). The number of aromatic nitrogens is 1. The van der Waals surface area contributed by atoms with E-state index in [2.05, 4.69) is 35.7 Å². The van der Waals surface area contributed by atoms with E-state index >= 15 is 0 Å². The first-order valence-electron chi connectivity index (χ1n) is 10.4. The summed E-state index contributed by atoms with van der Waals surface area (Å²) in [6.07, 6.45) is 5.01. The Morgan fingerprint density at radius 2 is 1.90 bits per heavy atom. The van der Waals surface area contributed by atoms with Gasteiger partial charge in [0.15, 0.2) is 0 Å². The number of amides is 1. The Kier molecular flexibility index (Phi) is 4.64. The fraction of sp³-hybridized carbons (Fsp3) is 0.280. The molecular weight excluding hydrogens is 358 g/mol. The molecule has 1 unspecified atom stereocenters. The van der Waals surface area contributed by atoms with Crippen molar-refractivity contribution in [2.24, 2.45) is 0 Å². The quantitative estimate of drug-likeness (QED) is 0.739. The third kappa shape index (κ3) is 3.23. The molecule has 2 aromatic carbocycles. The molecule has 1 aliphatic heterocycles. The van der Waals surface area contributed by atoms with Crippen molar-refractivity contribution in [2.75, 3.05) is 20.1 Å². The minimum absolute atomic E-state index is 0.120. The average molecular weight is 383 g/mol. The van der Waals surface area contributed by atoms with Crippen molar-refractivity contribution in [2.45, 2.75) is 25.3 Å². The predicted octanol–water partition coefficient (Wildman–Crippen LogP) is 4.16. The number of nitrogens with zero attached hydrogens (tertiary/aromatic N) is 2. The average Bonchev–Trinajstić information content (AvgIpc) is 3.43. The van der Waals surface area contributed by atoms with Gasteiger partial charge in [0.2, 0.25) is 0 Å². The number of para-hydroxylation sites is 1. The van der Waals surface area contributed by atoms with E-state index in [0.29, 0.717) is 0 Å². The molecule has 146 valence electrons. The summed E-state index contributed by atoms with van der Waals surface area (Å²) in [4.78, 5) is 20.5. The molecule has 1 N–H and O–H groups in total. The van der Waals surface area contributed by atoms with Crippen LogP contribution in [0.15, 0.2) is 54.6 Å². The molecule has 0 spiro atoms. The largest absolute Gasteiger partial charge is 0.337 e. The molecule has 1 aliphatic carbocycles. The van der Waals surface area contributed by atoms with Crippen LogP contribution in [0.4, 0.5) is 0 Å². The normalized spacial score (nSPS) is 19.6. The van der Waals surface area contributed by atoms with E-state index in [4.69, 9.17) is 4.98 Å². The summed E-state index contributed by atoms with van der Waals surface area (Å²) < 4.78 is 0. The molecule has 2 aliphatic rings. The summed E-state index contributed by atoms with van der Waals surface area (Å²) in [6, 6.07) is 18.7. The predicted molar refractivity (Wildman–Crippen MR) is 118 cm³/mol. The Labute approximate surface area is 171 Å².